The summed E-state index contributed by atoms with van der Waals surface area (Å²) in [7, 11) is 1.54. The normalized spacial score (nSPS) is 11.6. The summed E-state index contributed by atoms with van der Waals surface area (Å²) >= 11 is 0. The lowest BCUT2D eigenvalue weighted by molar-refractivity contribution is -0.121. The Bertz CT molecular complexity index is 426. The van der Waals surface area contributed by atoms with Crippen LogP contribution in [0.4, 0.5) is 4.39 Å². The molecule has 1 amide bonds. The van der Waals surface area contributed by atoms with Crippen molar-refractivity contribution in [2.75, 3.05) is 20.3 Å². The number of amides is 1. The molecule has 96 valence electrons. The molecule has 0 saturated carbocycles. The van der Waals surface area contributed by atoms with Crippen molar-refractivity contribution in [1.82, 2.24) is 5.32 Å². The molecule has 1 atom stereocenters. The van der Waals surface area contributed by atoms with Gasteiger partial charge in [0.05, 0.1) is 18.6 Å². The van der Waals surface area contributed by atoms with E-state index in [1.54, 1.807) is 7.11 Å². The summed E-state index contributed by atoms with van der Waals surface area (Å²) in [5.41, 5.74) is 0.640. The van der Waals surface area contributed by atoms with Crippen LogP contribution in [0.25, 0.3) is 0 Å². The number of benzene rings is 1. The molecule has 0 aliphatic rings. The third-order valence-corrected chi connectivity index (χ3v) is 2.45. The summed E-state index contributed by atoms with van der Waals surface area (Å²) in [6.07, 6.45) is 0.0614. The summed E-state index contributed by atoms with van der Waals surface area (Å²) in [6, 6.07) is 7.64. The van der Waals surface area contributed by atoms with Crippen LogP contribution in [0, 0.1) is 17.1 Å². The summed E-state index contributed by atoms with van der Waals surface area (Å²) in [5.74, 6) is -1.14. The van der Waals surface area contributed by atoms with Gasteiger partial charge in [-0.25, -0.2) is 4.39 Å². The molecule has 18 heavy (non-hydrogen) atoms. The maximum atomic E-state index is 12.7. The lowest BCUT2D eigenvalue weighted by Crippen LogP contribution is -2.28. The second-order valence-corrected chi connectivity index (χ2v) is 3.78. The Kier molecular flexibility index (Phi) is 5.81. The van der Waals surface area contributed by atoms with E-state index in [2.05, 4.69) is 5.32 Å². The zero-order valence-corrected chi connectivity index (χ0v) is 10.1. The first-order chi connectivity index (χ1) is 8.67. The predicted molar refractivity (Wildman–Crippen MR) is 64.3 cm³/mol. The van der Waals surface area contributed by atoms with Crippen molar-refractivity contribution in [2.24, 2.45) is 0 Å². The molecule has 0 aromatic heterocycles. The molecule has 1 unspecified atom stereocenters. The van der Waals surface area contributed by atoms with Crippen LogP contribution < -0.4 is 5.32 Å². The summed E-state index contributed by atoms with van der Waals surface area (Å²) in [4.78, 5) is 11.5. The smallest absolute Gasteiger partial charge is 0.221 e. The van der Waals surface area contributed by atoms with Crippen molar-refractivity contribution in [3.05, 3.63) is 35.6 Å². The van der Waals surface area contributed by atoms with E-state index in [9.17, 15) is 9.18 Å². The van der Waals surface area contributed by atoms with Crippen LogP contribution in [0.5, 0.6) is 0 Å². The van der Waals surface area contributed by atoms with Crippen LogP contribution in [0.2, 0.25) is 0 Å². The summed E-state index contributed by atoms with van der Waals surface area (Å²) in [6.45, 7) is 0.844. The van der Waals surface area contributed by atoms with Gasteiger partial charge < -0.3 is 10.1 Å². The molecular formula is C13H15FN2O2. The summed E-state index contributed by atoms with van der Waals surface area (Å²) in [5, 5.41) is 11.7. The SMILES string of the molecule is COCCNC(=O)CC(C#N)c1ccc(F)cc1. The average Bonchev–Trinajstić information content (AvgIpc) is 2.37. The van der Waals surface area contributed by atoms with Gasteiger partial charge in [0.1, 0.15) is 5.82 Å². The molecule has 1 aromatic rings. The van der Waals surface area contributed by atoms with Gasteiger partial charge in [0.25, 0.3) is 0 Å². The molecular weight excluding hydrogens is 235 g/mol. The van der Waals surface area contributed by atoms with Gasteiger partial charge in [-0.3, -0.25) is 4.79 Å². The molecule has 0 aliphatic carbocycles. The van der Waals surface area contributed by atoms with Gasteiger partial charge in [0, 0.05) is 20.1 Å². The fourth-order valence-electron chi connectivity index (χ4n) is 1.48. The number of carbonyl (C=O) groups excluding carboxylic acids is 1. The van der Waals surface area contributed by atoms with E-state index in [1.165, 1.54) is 24.3 Å². The molecule has 5 heteroatoms. The van der Waals surface area contributed by atoms with E-state index >= 15 is 0 Å². The fraction of sp³-hybridized carbons (Fsp3) is 0.385. The van der Waals surface area contributed by atoms with Crippen LogP contribution in [0.15, 0.2) is 24.3 Å². The number of rotatable bonds is 6. The first-order valence-electron chi connectivity index (χ1n) is 5.58. The van der Waals surface area contributed by atoms with Gasteiger partial charge in [-0.1, -0.05) is 12.1 Å². The van der Waals surface area contributed by atoms with Crippen molar-refractivity contribution in [3.63, 3.8) is 0 Å². The molecule has 1 aromatic carbocycles. The first-order valence-corrected chi connectivity index (χ1v) is 5.58. The molecule has 0 aliphatic heterocycles. The van der Waals surface area contributed by atoms with Crippen LogP contribution >= 0.6 is 0 Å². The lowest BCUT2D eigenvalue weighted by atomic mass is 9.97. The Morgan fingerprint density at radius 2 is 2.17 bits per heavy atom. The monoisotopic (exact) mass is 250 g/mol. The van der Waals surface area contributed by atoms with Crippen molar-refractivity contribution in [3.8, 4) is 6.07 Å². The third-order valence-electron chi connectivity index (χ3n) is 2.45. The van der Waals surface area contributed by atoms with Gasteiger partial charge in [-0.2, -0.15) is 5.26 Å². The zero-order valence-electron chi connectivity index (χ0n) is 10.1. The standard InChI is InChI=1S/C13H15FN2O2/c1-18-7-6-16-13(17)8-11(9-15)10-2-4-12(14)5-3-10/h2-5,11H,6-8H2,1H3,(H,16,17). The molecule has 0 bridgehead atoms. The minimum Gasteiger partial charge on any atom is -0.383 e. The van der Waals surface area contributed by atoms with Crippen LogP contribution in [0.3, 0.4) is 0 Å². The second-order valence-electron chi connectivity index (χ2n) is 3.78. The van der Waals surface area contributed by atoms with Crippen LogP contribution in [0.1, 0.15) is 17.9 Å². The van der Waals surface area contributed by atoms with Crippen molar-refractivity contribution in [1.29, 1.82) is 5.26 Å². The molecule has 4 nitrogen and oxygen atoms in total. The number of halogens is 1. The number of hydrogen-bond donors (Lipinski definition) is 1. The Morgan fingerprint density at radius 3 is 2.72 bits per heavy atom. The largest absolute Gasteiger partial charge is 0.383 e. The highest BCUT2D eigenvalue weighted by Gasteiger charge is 2.15. The number of nitrogens with zero attached hydrogens (tertiary/aromatic N) is 1. The van der Waals surface area contributed by atoms with Crippen molar-refractivity contribution in [2.45, 2.75) is 12.3 Å². The number of carbonyl (C=O) groups is 1. The van der Waals surface area contributed by atoms with Crippen LogP contribution in [-0.4, -0.2) is 26.2 Å². The minimum absolute atomic E-state index is 0.0614. The van der Waals surface area contributed by atoms with Crippen molar-refractivity contribution >= 4 is 5.91 Å². The van der Waals surface area contributed by atoms with Gasteiger partial charge in [-0.15, -0.1) is 0 Å². The number of nitriles is 1. The first kappa shape index (κ1) is 14.1. The Morgan fingerprint density at radius 1 is 1.50 bits per heavy atom. The number of nitrogens with one attached hydrogen (secondary N) is 1. The highest BCUT2D eigenvalue weighted by molar-refractivity contribution is 5.77. The topological polar surface area (TPSA) is 62.1 Å². The third kappa shape index (κ3) is 4.52. The number of hydrogen-bond acceptors (Lipinski definition) is 3. The van der Waals surface area contributed by atoms with Gasteiger partial charge in [0.15, 0.2) is 0 Å². The number of methoxy groups -OCH3 is 1. The van der Waals surface area contributed by atoms with E-state index in [0.29, 0.717) is 18.7 Å². The molecule has 0 fully saturated rings. The summed E-state index contributed by atoms with van der Waals surface area (Å²) < 4.78 is 17.5. The van der Waals surface area contributed by atoms with E-state index in [1.807, 2.05) is 6.07 Å². The minimum atomic E-state index is -0.562. The molecule has 0 heterocycles. The maximum Gasteiger partial charge on any atom is 0.221 e. The van der Waals surface area contributed by atoms with Gasteiger partial charge in [0.2, 0.25) is 5.91 Å². The molecule has 0 spiro atoms. The van der Waals surface area contributed by atoms with Gasteiger partial charge in [-0.05, 0) is 17.7 Å². The second kappa shape index (κ2) is 7.41. The maximum absolute atomic E-state index is 12.7. The quantitative estimate of drug-likeness (QED) is 0.780. The van der Waals surface area contributed by atoms with E-state index in [0.717, 1.165) is 0 Å². The molecule has 0 radical (unpaired) electrons. The zero-order chi connectivity index (χ0) is 13.4. The van der Waals surface area contributed by atoms with E-state index in [4.69, 9.17) is 10.00 Å². The Labute approximate surface area is 105 Å². The fourth-order valence-corrected chi connectivity index (χ4v) is 1.48. The van der Waals surface area contributed by atoms with E-state index in [-0.39, 0.29) is 18.1 Å². The molecule has 1 rings (SSSR count). The Balaban J connectivity index is 2.54. The van der Waals surface area contributed by atoms with Crippen LogP contribution in [-0.2, 0) is 9.53 Å². The Hall–Kier alpha value is -1.93. The predicted octanol–water partition coefficient (Wildman–Crippen LogP) is 1.59. The number of ether oxygens (including phenoxy) is 1. The van der Waals surface area contributed by atoms with Crippen molar-refractivity contribution < 1.29 is 13.9 Å². The molecule has 1 N–H and O–H groups in total. The highest BCUT2D eigenvalue weighted by Crippen LogP contribution is 2.18. The highest BCUT2D eigenvalue weighted by atomic mass is 19.1. The average molecular weight is 250 g/mol. The van der Waals surface area contributed by atoms with Gasteiger partial charge >= 0.3 is 0 Å². The lowest BCUT2D eigenvalue weighted by Gasteiger charge is -2.09. The van der Waals surface area contributed by atoms with E-state index < -0.39 is 5.92 Å². The molecule has 0 saturated heterocycles.